The molecule has 0 fully saturated rings. The van der Waals surface area contributed by atoms with Gasteiger partial charge >= 0.3 is 29.6 Å². The van der Waals surface area contributed by atoms with Gasteiger partial charge in [-0.2, -0.15) is 0 Å². The van der Waals surface area contributed by atoms with Crippen molar-refractivity contribution in [2.24, 2.45) is 0 Å². The zero-order valence-electron chi connectivity index (χ0n) is 9.43. The Labute approximate surface area is 116 Å². The molecule has 0 radical (unpaired) electrons. The Morgan fingerprint density at radius 1 is 1.31 bits per heavy atom. The van der Waals surface area contributed by atoms with Gasteiger partial charge in [-0.25, -0.2) is 0 Å². The van der Waals surface area contributed by atoms with Crippen molar-refractivity contribution in [1.82, 2.24) is 0 Å². The summed E-state index contributed by atoms with van der Waals surface area (Å²) >= 11 is 0. The van der Waals surface area contributed by atoms with Crippen LogP contribution in [0.1, 0.15) is 22.8 Å². The van der Waals surface area contributed by atoms with Gasteiger partial charge < -0.3 is 20.1 Å². The first kappa shape index (κ1) is 15.6. The Kier molecular flexibility index (Phi) is 6.22. The second kappa shape index (κ2) is 6.37. The number of aliphatic hydroxyl groups is 2. The van der Waals surface area contributed by atoms with Crippen LogP contribution < -0.4 is 34.7 Å². The molecule has 0 aromatic heterocycles. The van der Waals surface area contributed by atoms with Crippen molar-refractivity contribution >= 4 is 5.97 Å². The summed E-state index contributed by atoms with van der Waals surface area (Å²) in [6, 6.07) is 6.20. The van der Waals surface area contributed by atoms with Gasteiger partial charge in [0.05, 0.1) is 19.2 Å². The summed E-state index contributed by atoms with van der Waals surface area (Å²) in [5.41, 5.74) is -0.575. The maximum absolute atomic E-state index is 10.8. The summed E-state index contributed by atoms with van der Waals surface area (Å²) in [5.74, 6) is -1.31. The first-order valence-electron chi connectivity index (χ1n) is 4.58. The average molecular weight is 232 g/mol. The van der Waals surface area contributed by atoms with E-state index in [0.29, 0.717) is 5.56 Å². The van der Waals surface area contributed by atoms with Gasteiger partial charge in [-0.1, -0.05) is 31.2 Å². The minimum atomic E-state index is -1.31. The maximum atomic E-state index is 10.8. The molecule has 0 aliphatic carbocycles. The molecule has 82 valence electrons. The third kappa shape index (κ3) is 3.06. The van der Waals surface area contributed by atoms with Crippen LogP contribution in [0.5, 0.6) is 0 Å². The molecule has 0 saturated heterocycles. The second-order valence-electron chi connectivity index (χ2n) is 3.71. The van der Waals surface area contributed by atoms with Crippen LogP contribution in [0, 0.1) is 0 Å². The summed E-state index contributed by atoms with van der Waals surface area (Å²) in [6.45, 7) is 0.941. The van der Waals surface area contributed by atoms with Gasteiger partial charge in [-0.15, -0.1) is 0 Å². The number of carbonyl (C=O) groups excluding carboxylic acids is 1. The molecule has 1 rings (SSSR count). The number of aromatic carboxylic acids is 1. The average Bonchev–Trinajstić information content (AvgIpc) is 2.28. The second-order valence-corrected chi connectivity index (χ2v) is 3.71. The van der Waals surface area contributed by atoms with Crippen LogP contribution in [0.4, 0.5) is 0 Å². The summed E-state index contributed by atoms with van der Waals surface area (Å²) in [6.07, 6.45) is 0. The van der Waals surface area contributed by atoms with Crippen molar-refractivity contribution in [3.63, 3.8) is 0 Å². The van der Waals surface area contributed by atoms with E-state index in [-0.39, 0.29) is 48.3 Å². The molecule has 0 amide bonds. The summed E-state index contributed by atoms with van der Waals surface area (Å²) in [5, 5.41) is 29.2. The predicted molar refractivity (Wildman–Crippen MR) is 52.3 cm³/mol. The Bertz CT molecular complexity index is 361. The van der Waals surface area contributed by atoms with E-state index in [9.17, 15) is 20.1 Å². The summed E-state index contributed by atoms with van der Waals surface area (Å²) < 4.78 is 0. The standard InChI is InChI=1S/C11H14O4.Na/c1-11(6-12,7-13)9-5-3-2-4-8(9)10(14)15;/h2-5,12-13H,6-7H2,1H3,(H,14,15);/q;+1/p-1. The Hall–Kier alpha value is -0.390. The molecule has 0 spiro atoms. The first-order chi connectivity index (χ1) is 7.05. The smallest absolute Gasteiger partial charge is 0.545 e. The van der Waals surface area contributed by atoms with E-state index < -0.39 is 11.4 Å². The van der Waals surface area contributed by atoms with Gasteiger partial charge in [0, 0.05) is 11.0 Å². The zero-order chi connectivity index (χ0) is 11.5. The molecule has 4 nitrogen and oxygen atoms in total. The van der Waals surface area contributed by atoms with Crippen LogP contribution in [0.25, 0.3) is 0 Å². The van der Waals surface area contributed by atoms with Crippen molar-refractivity contribution in [3.8, 4) is 0 Å². The Morgan fingerprint density at radius 2 is 1.81 bits per heavy atom. The fourth-order valence-corrected chi connectivity index (χ4v) is 1.41. The van der Waals surface area contributed by atoms with Crippen LogP contribution in [0.3, 0.4) is 0 Å². The molecule has 1 aromatic rings. The van der Waals surface area contributed by atoms with Gasteiger partial charge in [-0.05, 0) is 5.56 Å². The minimum absolute atomic E-state index is 0. The number of hydrogen-bond acceptors (Lipinski definition) is 4. The summed E-state index contributed by atoms with van der Waals surface area (Å²) in [4.78, 5) is 10.8. The molecule has 0 saturated carbocycles. The van der Waals surface area contributed by atoms with Gasteiger partial charge in [0.2, 0.25) is 0 Å². The van der Waals surface area contributed by atoms with E-state index in [1.54, 1.807) is 25.1 Å². The molecule has 0 aliphatic heterocycles. The maximum Gasteiger partial charge on any atom is 1.00 e. The predicted octanol–water partition coefficient (Wildman–Crippen LogP) is -3.70. The number of hydrogen-bond donors (Lipinski definition) is 2. The fourth-order valence-electron chi connectivity index (χ4n) is 1.41. The molecule has 0 heterocycles. The monoisotopic (exact) mass is 232 g/mol. The van der Waals surface area contributed by atoms with Gasteiger partial charge in [0.25, 0.3) is 0 Å². The van der Waals surface area contributed by atoms with Crippen molar-refractivity contribution in [1.29, 1.82) is 0 Å². The van der Waals surface area contributed by atoms with Crippen molar-refractivity contribution in [2.45, 2.75) is 12.3 Å². The first-order valence-corrected chi connectivity index (χ1v) is 4.58. The van der Waals surface area contributed by atoms with Crippen LogP contribution >= 0.6 is 0 Å². The van der Waals surface area contributed by atoms with Crippen LogP contribution in [0.15, 0.2) is 24.3 Å². The minimum Gasteiger partial charge on any atom is -0.545 e. The summed E-state index contributed by atoms with van der Waals surface area (Å²) in [7, 11) is 0. The zero-order valence-corrected chi connectivity index (χ0v) is 11.4. The van der Waals surface area contributed by atoms with E-state index in [1.165, 1.54) is 6.07 Å². The van der Waals surface area contributed by atoms with E-state index in [1.807, 2.05) is 0 Å². The van der Waals surface area contributed by atoms with Gasteiger partial charge in [0.15, 0.2) is 0 Å². The number of carboxylic acids is 1. The fraction of sp³-hybridized carbons (Fsp3) is 0.364. The van der Waals surface area contributed by atoms with E-state index in [0.717, 1.165) is 0 Å². The molecule has 0 bridgehead atoms. The van der Waals surface area contributed by atoms with Crippen LogP contribution in [-0.4, -0.2) is 29.4 Å². The number of carbonyl (C=O) groups is 1. The molecule has 5 heteroatoms. The van der Waals surface area contributed by atoms with Gasteiger partial charge in [0.1, 0.15) is 0 Å². The Morgan fingerprint density at radius 3 is 2.25 bits per heavy atom. The number of carboxylic acid groups (broad SMARTS) is 1. The molecule has 2 N–H and O–H groups in total. The van der Waals surface area contributed by atoms with Gasteiger partial charge in [-0.3, -0.25) is 0 Å². The number of aliphatic hydroxyl groups excluding tert-OH is 2. The van der Waals surface area contributed by atoms with Crippen molar-refractivity contribution < 1.29 is 49.7 Å². The molecule has 1 aromatic carbocycles. The molecule has 0 aliphatic rings. The van der Waals surface area contributed by atoms with Crippen molar-refractivity contribution in [3.05, 3.63) is 35.4 Å². The molecular weight excluding hydrogens is 219 g/mol. The molecule has 0 unspecified atom stereocenters. The quantitative estimate of drug-likeness (QED) is 0.523. The van der Waals surface area contributed by atoms with Crippen LogP contribution in [-0.2, 0) is 5.41 Å². The Balaban J connectivity index is 0.00000225. The molecular formula is C11H13NaO4. The number of benzene rings is 1. The van der Waals surface area contributed by atoms with Crippen LogP contribution in [0.2, 0.25) is 0 Å². The van der Waals surface area contributed by atoms with E-state index in [4.69, 9.17) is 0 Å². The number of rotatable bonds is 4. The topological polar surface area (TPSA) is 80.6 Å². The third-order valence-electron chi connectivity index (χ3n) is 2.50. The molecule has 0 atom stereocenters. The van der Waals surface area contributed by atoms with E-state index in [2.05, 4.69) is 0 Å². The van der Waals surface area contributed by atoms with E-state index >= 15 is 0 Å². The molecule has 16 heavy (non-hydrogen) atoms. The largest absolute Gasteiger partial charge is 1.00 e. The third-order valence-corrected chi connectivity index (χ3v) is 2.50. The SMILES string of the molecule is CC(CO)(CO)c1ccccc1C(=O)[O-].[Na+]. The van der Waals surface area contributed by atoms with Crippen molar-refractivity contribution in [2.75, 3.05) is 13.2 Å². The normalized spacial score (nSPS) is 10.7.